The predicted octanol–water partition coefficient (Wildman–Crippen LogP) is 4.88. The molecule has 0 radical (unpaired) electrons. The summed E-state index contributed by atoms with van der Waals surface area (Å²) in [5, 5.41) is 0.790. The van der Waals surface area contributed by atoms with Crippen LogP contribution in [0.5, 0.6) is 0 Å². The summed E-state index contributed by atoms with van der Waals surface area (Å²) in [5.74, 6) is 0.311. The van der Waals surface area contributed by atoms with Gasteiger partial charge in [0.1, 0.15) is 10.3 Å². The Kier molecular flexibility index (Phi) is 5.87. The van der Waals surface area contributed by atoms with E-state index in [1.165, 1.54) is 0 Å². The second kappa shape index (κ2) is 7.94. The lowest BCUT2D eigenvalue weighted by Crippen LogP contribution is -2.22. The highest BCUT2D eigenvalue weighted by atomic mass is 79.9. The number of ketones is 2. The molecule has 2 heterocycles. The fourth-order valence-electron chi connectivity index (χ4n) is 2.96. The Hall–Kier alpha value is -1.30. The van der Waals surface area contributed by atoms with Crippen molar-refractivity contribution in [1.82, 2.24) is 9.97 Å². The van der Waals surface area contributed by atoms with Gasteiger partial charge in [0.15, 0.2) is 11.6 Å². The van der Waals surface area contributed by atoms with Crippen LogP contribution in [0.25, 0.3) is 0 Å². The van der Waals surface area contributed by atoms with Gasteiger partial charge in [-0.1, -0.05) is 39.1 Å². The molecule has 2 aliphatic carbocycles. The van der Waals surface area contributed by atoms with Crippen molar-refractivity contribution in [2.75, 3.05) is 0 Å². The summed E-state index contributed by atoms with van der Waals surface area (Å²) in [5.41, 5.74) is 3.52. The summed E-state index contributed by atoms with van der Waals surface area (Å²) in [6.07, 6.45) is 7.66. The monoisotopic (exact) mass is 440 g/mol. The fraction of sp³-hybridized carbons (Fsp3) is 0.333. The molecule has 0 aliphatic heterocycles. The van der Waals surface area contributed by atoms with Crippen LogP contribution >= 0.6 is 39.1 Å². The average Bonchev–Trinajstić information content (AvgIpc) is 2.60. The van der Waals surface area contributed by atoms with E-state index >= 15 is 0 Å². The third-order valence-electron chi connectivity index (χ3n) is 4.27. The van der Waals surface area contributed by atoms with Crippen molar-refractivity contribution in [2.45, 2.75) is 36.9 Å². The molecule has 2 aliphatic rings. The molecule has 1 atom stereocenters. The zero-order valence-corrected chi connectivity index (χ0v) is 16.4. The highest BCUT2D eigenvalue weighted by Crippen LogP contribution is 2.26. The summed E-state index contributed by atoms with van der Waals surface area (Å²) in [6, 6.07) is 3.31. The number of rotatable bonds is 0. The largest absolute Gasteiger partial charge is 0.294 e. The number of carbonyl (C=O) groups is 2. The molecule has 7 heteroatoms. The van der Waals surface area contributed by atoms with Gasteiger partial charge in [-0.2, -0.15) is 0 Å². The van der Waals surface area contributed by atoms with Crippen LogP contribution in [0.15, 0.2) is 24.5 Å². The molecule has 0 saturated heterocycles. The Balaban J connectivity index is 0.000000146. The van der Waals surface area contributed by atoms with Crippen molar-refractivity contribution in [3.05, 3.63) is 57.1 Å². The highest BCUT2D eigenvalue weighted by Gasteiger charge is 2.25. The number of hydrogen-bond acceptors (Lipinski definition) is 4. The zero-order valence-electron chi connectivity index (χ0n) is 13.3. The minimum atomic E-state index is -0.0570. The van der Waals surface area contributed by atoms with Gasteiger partial charge < -0.3 is 0 Å². The first-order valence-corrected chi connectivity index (χ1v) is 9.63. The lowest BCUT2D eigenvalue weighted by atomic mass is 9.92. The van der Waals surface area contributed by atoms with Gasteiger partial charge in [-0.25, -0.2) is 9.97 Å². The predicted molar refractivity (Wildman–Crippen MR) is 101 cm³/mol. The van der Waals surface area contributed by atoms with Gasteiger partial charge in [0, 0.05) is 29.9 Å². The quantitative estimate of drug-likeness (QED) is 0.431. The zero-order chi connectivity index (χ0) is 18.0. The van der Waals surface area contributed by atoms with E-state index in [-0.39, 0.29) is 16.4 Å². The van der Waals surface area contributed by atoms with Crippen molar-refractivity contribution in [2.24, 2.45) is 0 Å². The van der Waals surface area contributed by atoms with Gasteiger partial charge in [-0.3, -0.25) is 9.59 Å². The molecule has 2 aromatic heterocycles. The van der Waals surface area contributed by atoms with E-state index < -0.39 is 0 Å². The standard InChI is InChI=1S/C9H7BrClNO.C9H8ClNO/c10-7-2-1-5-4-12-8(11)3-6(5)9(7)13;10-9-4-7-6(5-11-9)2-1-3-8(7)12/h3-4,7H,1-2H2;4-5H,1-3H2. The SMILES string of the molecule is O=C1CCCc2cnc(Cl)cc21.O=C1c2cc(Cl)ncc2CCC1Br. The van der Waals surface area contributed by atoms with Crippen molar-refractivity contribution in [1.29, 1.82) is 0 Å². The molecule has 1 unspecified atom stereocenters. The Labute approximate surface area is 164 Å². The third kappa shape index (κ3) is 4.27. The van der Waals surface area contributed by atoms with Crippen molar-refractivity contribution < 1.29 is 9.59 Å². The van der Waals surface area contributed by atoms with Crippen molar-refractivity contribution in [3.8, 4) is 0 Å². The van der Waals surface area contributed by atoms with E-state index in [9.17, 15) is 9.59 Å². The second-order valence-corrected chi connectivity index (χ2v) is 7.86. The van der Waals surface area contributed by atoms with Crippen LogP contribution < -0.4 is 0 Å². The first-order valence-electron chi connectivity index (χ1n) is 7.96. The molecule has 25 heavy (non-hydrogen) atoms. The molecule has 0 spiro atoms. The molecule has 4 nitrogen and oxygen atoms in total. The Morgan fingerprint density at radius 1 is 0.920 bits per heavy atom. The molecule has 0 saturated carbocycles. The van der Waals surface area contributed by atoms with E-state index in [2.05, 4.69) is 25.9 Å². The topological polar surface area (TPSA) is 59.9 Å². The molecular formula is C18H15BrCl2N2O2. The number of Topliss-reactive ketones (excluding diaryl/α,β-unsaturated/α-hetero) is 2. The molecule has 0 N–H and O–H groups in total. The number of carbonyl (C=O) groups excluding carboxylic acids is 2. The van der Waals surface area contributed by atoms with Gasteiger partial charge in [0.2, 0.25) is 0 Å². The number of alkyl halides is 1. The van der Waals surface area contributed by atoms with Gasteiger partial charge in [0.05, 0.1) is 4.83 Å². The number of hydrogen-bond donors (Lipinski definition) is 0. The fourth-order valence-corrected chi connectivity index (χ4v) is 3.75. The number of fused-ring (bicyclic) bond motifs is 2. The molecule has 0 aromatic carbocycles. The van der Waals surface area contributed by atoms with Gasteiger partial charge in [-0.05, 0) is 48.9 Å². The molecule has 0 fully saturated rings. The minimum Gasteiger partial charge on any atom is -0.294 e. The third-order valence-corrected chi connectivity index (χ3v) is 5.56. The molecule has 0 bridgehead atoms. The van der Waals surface area contributed by atoms with Crippen molar-refractivity contribution >= 4 is 50.7 Å². The number of halogens is 3. The highest BCUT2D eigenvalue weighted by molar-refractivity contribution is 9.10. The summed E-state index contributed by atoms with van der Waals surface area (Å²) >= 11 is 14.7. The number of aromatic nitrogens is 2. The average molecular weight is 442 g/mol. The van der Waals surface area contributed by atoms with Gasteiger partial charge in [0.25, 0.3) is 0 Å². The van der Waals surface area contributed by atoms with E-state index in [1.807, 2.05) is 0 Å². The molecule has 0 amide bonds. The van der Waals surface area contributed by atoms with Crippen LogP contribution in [0.3, 0.4) is 0 Å². The Morgan fingerprint density at radius 3 is 2.20 bits per heavy atom. The first kappa shape index (κ1) is 18.5. The van der Waals surface area contributed by atoms with Gasteiger partial charge >= 0.3 is 0 Å². The Morgan fingerprint density at radius 2 is 1.52 bits per heavy atom. The number of pyridine rings is 2. The summed E-state index contributed by atoms with van der Waals surface area (Å²) in [7, 11) is 0. The van der Waals surface area contributed by atoms with E-state index in [0.717, 1.165) is 42.4 Å². The lowest BCUT2D eigenvalue weighted by molar-refractivity contribution is 0.0967. The maximum atomic E-state index is 11.6. The van der Waals surface area contributed by atoms with Crippen LogP contribution in [0.4, 0.5) is 0 Å². The van der Waals surface area contributed by atoms with E-state index in [0.29, 0.717) is 22.3 Å². The molecular weight excluding hydrogens is 427 g/mol. The molecule has 130 valence electrons. The van der Waals surface area contributed by atoms with Crippen LogP contribution in [0.2, 0.25) is 10.3 Å². The molecule has 2 aromatic rings. The van der Waals surface area contributed by atoms with Crippen LogP contribution in [-0.2, 0) is 12.8 Å². The van der Waals surface area contributed by atoms with Crippen LogP contribution in [0, 0.1) is 0 Å². The smallest absolute Gasteiger partial charge is 0.176 e. The maximum Gasteiger partial charge on any atom is 0.176 e. The van der Waals surface area contributed by atoms with E-state index in [4.69, 9.17) is 23.2 Å². The molecule has 4 rings (SSSR count). The Bertz CT molecular complexity index is 842. The number of nitrogens with zero attached hydrogens (tertiary/aromatic N) is 2. The minimum absolute atomic E-state index is 0.0570. The van der Waals surface area contributed by atoms with Crippen molar-refractivity contribution in [3.63, 3.8) is 0 Å². The number of aryl methyl sites for hydroxylation is 2. The second-order valence-electron chi connectivity index (χ2n) is 5.98. The van der Waals surface area contributed by atoms with E-state index in [1.54, 1.807) is 24.5 Å². The first-order chi connectivity index (χ1) is 12.0. The summed E-state index contributed by atoms with van der Waals surface area (Å²) in [4.78, 5) is 30.8. The summed E-state index contributed by atoms with van der Waals surface area (Å²) in [6.45, 7) is 0. The normalized spacial score (nSPS) is 18.8. The van der Waals surface area contributed by atoms with Crippen LogP contribution in [-0.4, -0.2) is 26.4 Å². The lowest BCUT2D eigenvalue weighted by Gasteiger charge is -2.18. The van der Waals surface area contributed by atoms with Crippen LogP contribution in [0.1, 0.15) is 51.1 Å². The summed E-state index contributed by atoms with van der Waals surface area (Å²) < 4.78 is 0. The van der Waals surface area contributed by atoms with Gasteiger partial charge in [-0.15, -0.1) is 0 Å². The maximum absolute atomic E-state index is 11.6.